The number of hydrogen-bond acceptors (Lipinski definition) is 9. The van der Waals surface area contributed by atoms with Gasteiger partial charge in [0.2, 0.25) is 5.91 Å². The van der Waals surface area contributed by atoms with E-state index >= 15 is 0 Å². The van der Waals surface area contributed by atoms with Crippen LogP contribution in [0.3, 0.4) is 0 Å². The molecule has 2 aromatic rings. The van der Waals surface area contributed by atoms with Gasteiger partial charge in [0, 0.05) is 13.2 Å². The molecular formula is C28H37N3O7S2. The fourth-order valence-electron chi connectivity index (χ4n) is 4.86. The third kappa shape index (κ3) is 7.67. The lowest BCUT2D eigenvalue weighted by atomic mass is 9.84. The second-order valence-corrected chi connectivity index (χ2v) is 14.1. The Labute approximate surface area is 239 Å². The van der Waals surface area contributed by atoms with Crippen LogP contribution < -0.4 is 10.6 Å². The maximum atomic E-state index is 13.5. The summed E-state index contributed by atoms with van der Waals surface area (Å²) in [6.45, 7) is 5.18. The van der Waals surface area contributed by atoms with Gasteiger partial charge >= 0.3 is 5.97 Å². The zero-order chi connectivity index (χ0) is 28.9. The Morgan fingerprint density at radius 2 is 1.77 bits per heavy atom. The molecule has 10 nitrogen and oxygen atoms in total. The number of benzene rings is 1. The number of thiazole rings is 1. The SMILES string of the molecule is COC(=O)[C@H](CC(C)C)NC(=O)c1cnc(NC(=O)C(CC2CCOCC2)c2ccc(S(=O)(=O)C3CC3)cc2)s1. The zero-order valence-corrected chi connectivity index (χ0v) is 24.7. The van der Waals surface area contributed by atoms with Gasteiger partial charge in [-0.1, -0.05) is 37.3 Å². The number of methoxy groups -OCH3 is 1. The van der Waals surface area contributed by atoms with Gasteiger partial charge in [-0.3, -0.25) is 9.59 Å². The molecule has 1 saturated carbocycles. The van der Waals surface area contributed by atoms with Crippen molar-refractivity contribution < 1.29 is 32.3 Å². The normalized spacial score (nSPS) is 17.7. The van der Waals surface area contributed by atoms with Crippen LogP contribution in [0.15, 0.2) is 35.4 Å². The van der Waals surface area contributed by atoms with Crippen LogP contribution in [0.5, 0.6) is 0 Å². The van der Waals surface area contributed by atoms with E-state index in [2.05, 4.69) is 15.6 Å². The third-order valence-corrected chi connectivity index (χ3v) is 10.4. The first-order valence-electron chi connectivity index (χ1n) is 13.7. The maximum Gasteiger partial charge on any atom is 0.328 e. The Balaban J connectivity index is 1.48. The highest BCUT2D eigenvalue weighted by molar-refractivity contribution is 7.92. The monoisotopic (exact) mass is 591 g/mol. The van der Waals surface area contributed by atoms with Crippen LogP contribution >= 0.6 is 11.3 Å². The molecule has 2 N–H and O–H groups in total. The van der Waals surface area contributed by atoms with Crippen LogP contribution in [0, 0.1) is 11.8 Å². The molecule has 2 atom stereocenters. The lowest BCUT2D eigenvalue weighted by molar-refractivity contribution is -0.143. The van der Waals surface area contributed by atoms with Gasteiger partial charge in [0.05, 0.1) is 29.4 Å². The van der Waals surface area contributed by atoms with Crippen LogP contribution in [0.2, 0.25) is 0 Å². The largest absolute Gasteiger partial charge is 0.467 e. The highest BCUT2D eigenvalue weighted by Crippen LogP contribution is 2.35. The summed E-state index contributed by atoms with van der Waals surface area (Å²) < 4.78 is 35.6. The van der Waals surface area contributed by atoms with Gasteiger partial charge in [-0.25, -0.2) is 18.2 Å². The summed E-state index contributed by atoms with van der Waals surface area (Å²) in [6, 6.07) is 5.85. The van der Waals surface area contributed by atoms with E-state index < -0.39 is 33.7 Å². The molecule has 1 aliphatic carbocycles. The molecule has 218 valence electrons. The van der Waals surface area contributed by atoms with Crippen molar-refractivity contribution in [3.8, 4) is 0 Å². The minimum absolute atomic E-state index is 0.163. The van der Waals surface area contributed by atoms with E-state index in [9.17, 15) is 22.8 Å². The Bertz CT molecular complexity index is 1300. The molecule has 0 bridgehead atoms. The Kier molecular flexibility index (Phi) is 9.96. The van der Waals surface area contributed by atoms with E-state index in [1.54, 1.807) is 24.3 Å². The number of rotatable bonds is 12. The third-order valence-electron chi connectivity index (χ3n) is 7.26. The predicted molar refractivity (Wildman–Crippen MR) is 151 cm³/mol. The van der Waals surface area contributed by atoms with Gasteiger partial charge in [-0.05, 0) is 68.1 Å². The molecular weight excluding hydrogens is 554 g/mol. The number of anilines is 1. The predicted octanol–water partition coefficient (Wildman–Crippen LogP) is 3.94. The second kappa shape index (κ2) is 13.2. The molecule has 1 aromatic heterocycles. The number of nitrogens with zero attached hydrogens (tertiary/aromatic N) is 1. The van der Waals surface area contributed by atoms with E-state index in [1.807, 2.05) is 13.8 Å². The average molecular weight is 592 g/mol. The highest BCUT2D eigenvalue weighted by atomic mass is 32.2. The lowest BCUT2D eigenvalue weighted by Crippen LogP contribution is -2.42. The van der Waals surface area contributed by atoms with E-state index in [4.69, 9.17) is 9.47 Å². The van der Waals surface area contributed by atoms with Gasteiger partial charge in [0.25, 0.3) is 5.91 Å². The van der Waals surface area contributed by atoms with E-state index in [-0.39, 0.29) is 37.9 Å². The first-order chi connectivity index (χ1) is 19.1. The smallest absolute Gasteiger partial charge is 0.328 e. The van der Waals surface area contributed by atoms with Crippen LogP contribution in [0.1, 0.15) is 73.5 Å². The molecule has 12 heteroatoms. The quantitative estimate of drug-likeness (QED) is 0.354. The average Bonchev–Trinajstić information content (AvgIpc) is 3.71. The summed E-state index contributed by atoms with van der Waals surface area (Å²) in [7, 11) is -2.05. The molecule has 0 spiro atoms. The maximum absolute atomic E-state index is 13.5. The molecule has 4 rings (SSSR count). The number of carbonyl (C=O) groups excluding carboxylic acids is 3. The number of esters is 1. The number of nitrogens with one attached hydrogen (secondary N) is 2. The fourth-order valence-corrected chi connectivity index (χ4v) is 7.24. The number of hydrogen-bond donors (Lipinski definition) is 2. The van der Waals surface area contributed by atoms with E-state index in [0.717, 1.165) is 29.7 Å². The van der Waals surface area contributed by atoms with Gasteiger partial charge in [0.1, 0.15) is 10.9 Å². The van der Waals surface area contributed by atoms with Crippen LogP contribution in [-0.2, 0) is 28.9 Å². The topological polar surface area (TPSA) is 141 Å². The van der Waals surface area contributed by atoms with E-state index in [0.29, 0.717) is 38.9 Å². The summed E-state index contributed by atoms with van der Waals surface area (Å²) in [4.78, 5) is 43.2. The van der Waals surface area contributed by atoms with Gasteiger partial charge in [-0.15, -0.1) is 0 Å². The second-order valence-electron chi connectivity index (χ2n) is 10.9. The Hall–Kier alpha value is -2.83. The van der Waals surface area contributed by atoms with Crippen LogP contribution in [-0.4, -0.2) is 62.8 Å². The minimum atomic E-state index is -3.32. The van der Waals surface area contributed by atoms with Gasteiger partial charge in [-0.2, -0.15) is 0 Å². The molecule has 40 heavy (non-hydrogen) atoms. The molecule has 1 unspecified atom stereocenters. The molecule has 2 heterocycles. The van der Waals surface area contributed by atoms with Gasteiger partial charge in [0.15, 0.2) is 15.0 Å². The van der Waals surface area contributed by atoms with Crippen molar-refractivity contribution >= 4 is 44.1 Å². The molecule has 1 aliphatic heterocycles. The summed E-state index contributed by atoms with van der Waals surface area (Å²) in [6.07, 6.45) is 5.44. The van der Waals surface area contributed by atoms with Crippen LogP contribution in [0.25, 0.3) is 0 Å². The zero-order valence-electron chi connectivity index (χ0n) is 23.1. The van der Waals surface area contributed by atoms with Crippen LogP contribution in [0.4, 0.5) is 5.13 Å². The Morgan fingerprint density at radius 3 is 2.38 bits per heavy atom. The van der Waals surface area contributed by atoms with Crippen molar-refractivity contribution in [2.75, 3.05) is 25.6 Å². The van der Waals surface area contributed by atoms with E-state index in [1.165, 1.54) is 13.3 Å². The molecule has 2 amide bonds. The standard InChI is InChI=1S/C28H37N3O7S2/c1-17(2)14-23(27(34)37-3)30-26(33)24-16-29-28(39-24)31-25(32)22(15-18-10-12-38-13-11-18)19-4-6-20(7-5-19)40(35,36)21-8-9-21/h4-7,16-18,21-23H,8-15H2,1-3H3,(H,30,33)(H,29,31,32)/t22?,23-/m0/s1. The summed E-state index contributed by atoms with van der Waals surface area (Å²) >= 11 is 1.02. The summed E-state index contributed by atoms with van der Waals surface area (Å²) in [5, 5.41) is 5.50. The number of carbonyl (C=O) groups is 3. The summed E-state index contributed by atoms with van der Waals surface area (Å²) in [5.74, 6) is -1.36. The number of ether oxygens (including phenoxy) is 2. The minimum Gasteiger partial charge on any atom is -0.467 e. The lowest BCUT2D eigenvalue weighted by Gasteiger charge is -2.26. The number of amides is 2. The molecule has 1 saturated heterocycles. The van der Waals surface area contributed by atoms with Crippen molar-refractivity contribution in [3.05, 3.63) is 40.9 Å². The van der Waals surface area contributed by atoms with Crippen molar-refractivity contribution in [1.82, 2.24) is 10.3 Å². The highest BCUT2D eigenvalue weighted by Gasteiger charge is 2.37. The van der Waals surface area contributed by atoms with Crippen molar-refractivity contribution in [3.63, 3.8) is 0 Å². The summed E-state index contributed by atoms with van der Waals surface area (Å²) in [5.41, 5.74) is 0.725. The number of sulfone groups is 1. The molecule has 2 aliphatic rings. The first kappa shape index (κ1) is 30.1. The Morgan fingerprint density at radius 1 is 1.10 bits per heavy atom. The molecule has 1 aromatic carbocycles. The molecule has 0 radical (unpaired) electrons. The van der Waals surface area contributed by atoms with Crippen molar-refractivity contribution in [2.45, 2.75) is 74.5 Å². The molecule has 2 fully saturated rings. The number of aromatic nitrogens is 1. The fraction of sp³-hybridized carbons (Fsp3) is 0.571. The van der Waals surface area contributed by atoms with Crippen molar-refractivity contribution in [1.29, 1.82) is 0 Å². The first-order valence-corrected chi connectivity index (χ1v) is 16.0. The van der Waals surface area contributed by atoms with Gasteiger partial charge < -0.3 is 20.1 Å². The van der Waals surface area contributed by atoms with Crippen molar-refractivity contribution in [2.24, 2.45) is 11.8 Å².